The van der Waals surface area contributed by atoms with E-state index in [2.05, 4.69) is 40.6 Å². The van der Waals surface area contributed by atoms with Gasteiger partial charge in [0.1, 0.15) is 0 Å². The predicted molar refractivity (Wildman–Crippen MR) is 80.7 cm³/mol. The summed E-state index contributed by atoms with van der Waals surface area (Å²) in [6.07, 6.45) is 4.09. The number of pyridine rings is 1. The molecule has 1 atom stereocenters. The molecule has 0 radical (unpaired) electrons. The summed E-state index contributed by atoms with van der Waals surface area (Å²) >= 11 is 0. The van der Waals surface area contributed by atoms with Crippen LogP contribution in [0.3, 0.4) is 0 Å². The molecule has 3 heteroatoms. The topological polar surface area (TPSA) is 34.1 Å². The Bertz CT molecular complexity index is 583. The molecule has 0 bridgehead atoms. The fourth-order valence-electron chi connectivity index (χ4n) is 2.74. The van der Waals surface area contributed by atoms with E-state index in [1.807, 2.05) is 19.2 Å². The molecule has 1 heterocycles. The van der Waals surface area contributed by atoms with Gasteiger partial charge in [-0.1, -0.05) is 24.3 Å². The van der Waals surface area contributed by atoms with Crippen molar-refractivity contribution in [3.05, 3.63) is 59.4 Å². The van der Waals surface area contributed by atoms with Crippen LogP contribution in [-0.4, -0.2) is 11.6 Å². The maximum Gasteiger partial charge on any atom is 0.0736 e. The van der Waals surface area contributed by atoms with Crippen LogP contribution in [0.5, 0.6) is 0 Å². The highest BCUT2D eigenvalue weighted by Crippen LogP contribution is 2.33. The molecule has 104 valence electrons. The van der Waals surface area contributed by atoms with E-state index in [0.29, 0.717) is 12.6 Å². The van der Waals surface area contributed by atoms with Crippen LogP contribution in [0.25, 0.3) is 0 Å². The van der Waals surface area contributed by atoms with Crippen LogP contribution in [-0.2, 0) is 17.8 Å². The first-order valence-electron chi connectivity index (χ1n) is 7.24. The van der Waals surface area contributed by atoms with Crippen LogP contribution in [0.15, 0.2) is 42.6 Å². The minimum Gasteiger partial charge on any atom is -0.377 e. The Balaban J connectivity index is 1.79. The first kappa shape index (κ1) is 13.1. The van der Waals surface area contributed by atoms with E-state index < -0.39 is 0 Å². The van der Waals surface area contributed by atoms with Gasteiger partial charge in [-0.3, -0.25) is 4.98 Å². The normalized spacial score (nSPS) is 16.9. The Hall–Kier alpha value is -1.87. The number of hydrogen-bond donors (Lipinski definition) is 1. The summed E-state index contributed by atoms with van der Waals surface area (Å²) in [6.45, 7) is 3.41. The fourth-order valence-corrected chi connectivity index (χ4v) is 2.74. The lowest BCUT2D eigenvalue weighted by Crippen LogP contribution is -2.10. The summed E-state index contributed by atoms with van der Waals surface area (Å²) in [5.74, 6) is 0. The molecule has 3 nitrogen and oxygen atoms in total. The number of anilines is 1. The van der Waals surface area contributed by atoms with Crippen molar-refractivity contribution in [3.8, 4) is 0 Å². The van der Waals surface area contributed by atoms with Crippen LogP contribution in [0.2, 0.25) is 0 Å². The molecule has 3 rings (SSSR count). The van der Waals surface area contributed by atoms with E-state index in [1.54, 1.807) is 0 Å². The summed E-state index contributed by atoms with van der Waals surface area (Å²) in [7, 11) is 0. The van der Waals surface area contributed by atoms with Gasteiger partial charge in [-0.2, -0.15) is 0 Å². The van der Waals surface area contributed by atoms with Crippen molar-refractivity contribution in [2.75, 3.05) is 11.9 Å². The Labute approximate surface area is 120 Å². The maximum absolute atomic E-state index is 5.54. The molecule has 1 aliphatic carbocycles. The quantitative estimate of drug-likeness (QED) is 0.897. The third-order valence-electron chi connectivity index (χ3n) is 3.77. The minimum absolute atomic E-state index is 0.314. The number of nitrogens with zero attached hydrogens (tertiary/aromatic N) is 1. The number of nitrogens with one attached hydrogen (secondary N) is 1. The molecule has 0 fully saturated rings. The van der Waals surface area contributed by atoms with E-state index >= 15 is 0 Å². The second-order valence-electron chi connectivity index (χ2n) is 5.08. The molecule has 0 amide bonds. The van der Waals surface area contributed by atoms with Gasteiger partial charge in [0.25, 0.3) is 0 Å². The monoisotopic (exact) mass is 268 g/mol. The number of benzene rings is 1. The molecule has 0 saturated heterocycles. The van der Waals surface area contributed by atoms with Crippen molar-refractivity contribution in [1.82, 2.24) is 4.98 Å². The minimum atomic E-state index is 0.314. The van der Waals surface area contributed by atoms with Gasteiger partial charge < -0.3 is 10.1 Å². The average molecular weight is 268 g/mol. The lowest BCUT2D eigenvalue weighted by Gasteiger charge is -2.17. The highest BCUT2D eigenvalue weighted by molar-refractivity contribution is 5.53. The average Bonchev–Trinajstić information content (AvgIpc) is 2.90. The molecular formula is C17H20N2O. The molecule has 20 heavy (non-hydrogen) atoms. The van der Waals surface area contributed by atoms with Gasteiger partial charge in [0.05, 0.1) is 18.3 Å². The van der Waals surface area contributed by atoms with Gasteiger partial charge in [0.2, 0.25) is 0 Å². The standard InChI is InChI=1S/C17H20N2O/c1-2-20-12-14-6-3-4-8-15(14)19-16-10-9-13-7-5-11-18-17(13)16/h3-8,11,16,19H,2,9-10,12H2,1H3. The summed E-state index contributed by atoms with van der Waals surface area (Å²) < 4.78 is 5.54. The van der Waals surface area contributed by atoms with Gasteiger partial charge in [0.15, 0.2) is 0 Å². The van der Waals surface area contributed by atoms with Gasteiger partial charge in [-0.15, -0.1) is 0 Å². The van der Waals surface area contributed by atoms with Crippen LogP contribution in [0.4, 0.5) is 5.69 Å². The third-order valence-corrected chi connectivity index (χ3v) is 3.77. The molecular weight excluding hydrogens is 248 g/mol. The molecule has 0 aliphatic heterocycles. The van der Waals surface area contributed by atoms with E-state index in [4.69, 9.17) is 4.74 Å². The second kappa shape index (κ2) is 6.06. The second-order valence-corrected chi connectivity index (χ2v) is 5.08. The zero-order chi connectivity index (χ0) is 13.8. The van der Waals surface area contributed by atoms with Crippen LogP contribution in [0, 0.1) is 0 Å². The predicted octanol–water partition coefficient (Wildman–Crippen LogP) is 3.72. The molecule has 0 spiro atoms. The van der Waals surface area contributed by atoms with Gasteiger partial charge >= 0.3 is 0 Å². The summed E-state index contributed by atoms with van der Waals surface area (Å²) in [5, 5.41) is 3.63. The van der Waals surface area contributed by atoms with Gasteiger partial charge in [-0.25, -0.2) is 0 Å². The van der Waals surface area contributed by atoms with Crippen molar-refractivity contribution in [1.29, 1.82) is 0 Å². The van der Waals surface area contributed by atoms with Crippen molar-refractivity contribution in [3.63, 3.8) is 0 Å². The fraction of sp³-hybridized carbons (Fsp3) is 0.353. The number of aromatic nitrogens is 1. The Morgan fingerprint density at radius 3 is 3.05 bits per heavy atom. The molecule has 1 aliphatic rings. The number of fused-ring (bicyclic) bond motifs is 1. The first-order chi connectivity index (χ1) is 9.88. The molecule has 2 aromatic rings. The van der Waals surface area contributed by atoms with E-state index in [9.17, 15) is 0 Å². The number of aryl methyl sites for hydroxylation is 1. The zero-order valence-electron chi connectivity index (χ0n) is 11.8. The number of rotatable bonds is 5. The Morgan fingerprint density at radius 1 is 1.25 bits per heavy atom. The van der Waals surface area contributed by atoms with E-state index in [1.165, 1.54) is 16.8 Å². The highest BCUT2D eigenvalue weighted by atomic mass is 16.5. The van der Waals surface area contributed by atoms with Crippen LogP contribution in [0.1, 0.15) is 36.2 Å². The first-order valence-corrected chi connectivity index (χ1v) is 7.24. The molecule has 1 aromatic carbocycles. The van der Waals surface area contributed by atoms with E-state index in [0.717, 1.165) is 25.1 Å². The lowest BCUT2D eigenvalue weighted by atomic mass is 10.1. The maximum atomic E-state index is 5.54. The van der Waals surface area contributed by atoms with Crippen molar-refractivity contribution < 1.29 is 4.74 Å². The molecule has 1 N–H and O–H groups in total. The van der Waals surface area contributed by atoms with Crippen molar-refractivity contribution >= 4 is 5.69 Å². The molecule has 0 saturated carbocycles. The van der Waals surface area contributed by atoms with Crippen LogP contribution < -0.4 is 5.32 Å². The van der Waals surface area contributed by atoms with E-state index in [-0.39, 0.29) is 0 Å². The van der Waals surface area contributed by atoms with Gasteiger partial charge in [0, 0.05) is 24.1 Å². The number of ether oxygens (including phenoxy) is 1. The Morgan fingerprint density at radius 2 is 2.15 bits per heavy atom. The number of para-hydroxylation sites is 1. The highest BCUT2D eigenvalue weighted by Gasteiger charge is 2.23. The zero-order valence-corrected chi connectivity index (χ0v) is 11.8. The van der Waals surface area contributed by atoms with Crippen LogP contribution >= 0.6 is 0 Å². The Kier molecular flexibility index (Phi) is 3.97. The smallest absolute Gasteiger partial charge is 0.0736 e. The largest absolute Gasteiger partial charge is 0.377 e. The summed E-state index contributed by atoms with van der Waals surface area (Å²) in [5.41, 5.74) is 4.93. The van der Waals surface area contributed by atoms with Crippen molar-refractivity contribution in [2.24, 2.45) is 0 Å². The summed E-state index contributed by atoms with van der Waals surface area (Å²) in [6, 6.07) is 12.9. The SMILES string of the molecule is CCOCc1ccccc1NC1CCc2cccnc21. The lowest BCUT2D eigenvalue weighted by molar-refractivity contribution is 0.134. The molecule has 1 aromatic heterocycles. The van der Waals surface area contributed by atoms with Gasteiger partial charge in [-0.05, 0) is 37.5 Å². The number of hydrogen-bond acceptors (Lipinski definition) is 3. The summed E-state index contributed by atoms with van der Waals surface area (Å²) in [4.78, 5) is 4.53. The van der Waals surface area contributed by atoms with Crippen molar-refractivity contribution in [2.45, 2.75) is 32.4 Å². The third kappa shape index (κ3) is 2.68. The molecule has 1 unspecified atom stereocenters.